The van der Waals surface area contributed by atoms with Crippen molar-refractivity contribution >= 4 is 21.8 Å². The van der Waals surface area contributed by atoms with Crippen molar-refractivity contribution in [3.8, 4) is 0 Å². The molecule has 0 atom stereocenters. The number of nitrogens with zero attached hydrogens (tertiary/aromatic N) is 3. The standard InChI is InChI=1S/C18H24FN5O2S/c19-16-13-22-18(23-17(16)20)21-12-15-6-9-24(10-7-15)27(25,26)11-8-14-4-2-1-3-5-14/h1-5,13,15H,6-12H2,(H3,20,21,22,23). The first kappa shape index (κ1) is 19.5. The lowest BCUT2D eigenvalue weighted by Gasteiger charge is -2.31. The van der Waals surface area contributed by atoms with Crippen molar-refractivity contribution in [3.05, 3.63) is 47.9 Å². The molecule has 9 heteroatoms. The van der Waals surface area contributed by atoms with Crippen molar-refractivity contribution in [2.45, 2.75) is 19.3 Å². The Labute approximate surface area is 158 Å². The molecule has 3 N–H and O–H groups in total. The normalized spacial score (nSPS) is 16.3. The van der Waals surface area contributed by atoms with Crippen molar-refractivity contribution in [1.29, 1.82) is 0 Å². The predicted octanol–water partition coefficient (Wildman–Crippen LogP) is 1.89. The molecule has 1 aliphatic rings. The molecule has 0 aliphatic carbocycles. The largest absolute Gasteiger partial charge is 0.381 e. The van der Waals surface area contributed by atoms with E-state index < -0.39 is 15.8 Å². The van der Waals surface area contributed by atoms with Crippen molar-refractivity contribution in [1.82, 2.24) is 14.3 Å². The summed E-state index contributed by atoms with van der Waals surface area (Å²) in [6.45, 7) is 1.62. The van der Waals surface area contributed by atoms with Crippen molar-refractivity contribution in [2.24, 2.45) is 5.92 Å². The summed E-state index contributed by atoms with van der Waals surface area (Å²) in [6.07, 6.45) is 3.07. The van der Waals surface area contributed by atoms with Crippen LogP contribution in [0.1, 0.15) is 18.4 Å². The van der Waals surface area contributed by atoms with Crippen LogP contribution in [0, 0.1) is 11.7 Å². The third kappa shape index (κ3) is 5.36. The molecule has 1 aromatic carbocycles. The Morgan fingerprint density at radius 2 is 1.93 bits per heavy atom. The highest BCUT2D eigenvalue weighted by Crippen LogP contribution is 2.21. The molecule has 0 spiro atoms. The molecular formula is C18H24FN5O2S. The van der Waals surface area contributed by atoms with Crippen LogP contribution in [-0.2, 0) is 16.4 Å². The number of halogens is 1. The van der Waals surface area contributed by atoms with E-state index in [4.69, 9.17) is 5.73 Å². The lowest BCUT2D eigenvalue weighted by Crippen LogP contribution is -2.41. The summed E-state index contributed by atoms with van der Waals surface area (Å²) in [5.41, 5.74) is 6.45. The van der Waals surface area contributed by atoms with Crippen LogP contribution in [0.5, 0.6) is 0 Å². The van der Waals surface area contributed by atoms with Crippen molar-refractivity contribution < 1.29 is 12.8 Å². The van der Waals surface area contributed by atoms with Gasteiger partial charge in [0.15, 0.2) is 11.6 Å². The minimum atomic E-state index is -3.25. The van der Waals surface area contributed by atoms with Gasteiger partial charge in [-0.05, 0) is 30.7 Å². The Bertz CT molecular complexity index is 855. The number of piperidine rings is 1. The molecule has 7 nitrogen and oxygen atoms in total. The number of anilines is 2. The molecule has 0 amide bonds. The van der Waals surface area contributed by atoms with Crippen LogP contribution in [0.3, 0.4) is 0 Å². The van der Waals surface area contributed by atoms with Crippen LogP contribution in [0.2, 0.25) is 0 Å². The molecule has 0 radical (unpaired) electrons. The molecule has 0 saturated carbocycles. The summed E-state index contributed by atoms with van der Waals surface area (Å²) in [6, 6.07) is 9.63. The van der Waals surface area contributed by atoms with Crippen molar-refractivity contribution in [2.75, 3.05) is 36.4 Å². The number of sulfonamides is 1. The molecule has 2 aromatic rings. The van der Waals surface area contributed by atoms with E-state index in [0.717, 1.165) is 24.6 Å². The van der Waals surface area contributed by atoms with Gasteiger partial charge in [0, 0.05) is 19.6 Å². The van der Waals surface area contributed by atoms with E-state index in [9.17, 15) is 12.8 Å². The van der Waals surface area contributed by atoms with Gasteiger partial charge in [0.2, 0.25) is 16.0 Å². The molecule has 27 heavy (non-hydrogen) atoms. The predicted molar refractivity (Wildman–Crippen MR) is 103 cm³/mol. The lowest BCUT2D eigenvalue weighted by atomic mass is 9.98. The number of benzene rings is 1. The van der Waals surface area contributed by atoms with Gasteiger partial charge in [-0.25, -0.2) is 22.1 Å². The third-order valence-corrected chi connectivity index (χ3v) is 6.65. The van der Waals surface area contributed by atoms with Gasteiger partial charge in [0.05, 0.1) is 11.9 Å². The molecule has 3 rings (SSSR count). The monoisotopic (exact) mass is 393 g/mol. The number of aromatic nitrogens is 2. The molecular weight excluding hydrogens is 369 g/mol. The first-order valence-corrected chi connectivity index (χ1v) is 10.6. The zero-order chi connectivity index (χ0) is 19.3. The zero-order valence-electron chi connectivity index (χ0n) is 15.0. The smallest absolute Gasteiger partial charge is 0.224 e. The van der Waals surface area contributed by atoms with E-state index in [2.05, 4.69) is 15.3 Å². The Balaban J connectivity index is 1.45. The summed E-state index contributed by atoms with van der Waals surface area (Å²) in [4.78, 5) is 7.69. The number of nitrogens with one attached hydrogen (secondary N) is 1. The number of hydrogen-bond acceptors (Lipinski definition) is 6. The van der Waals surface area contributed by atoms with Gasteiger partial charge in [0.1, 0.15) is 0 Å². The molecule has 1 aromatic heterocycles. The lowest BCUT2D eigenvalue weighted by molar-refractivity contribution is 0.282. The highest BCUT2D eigenvalue weighted by molar-refractivity contribution is 7.89. The fourth-order valence-corrected chi connectivity index (χ4v) is 4.63. The van der Waals surface area contributed by atoms with Gasteiger partial charge in [-0.15, -0.1) is 0 Å². The molecule has 2 heterocycles. The minimum Gasteiger partial charge on any atom is -0.381 e. The van der Waals surface area contributed by atoms with E-state index in [-0.39, 0.29) is 17.5 Å². The first-order chi connectivity index (χ1) is 12.9. The van der Waals surface area contributed by atoms with Crippen LogP contribution in [0.25, 0.3) is 0 Å². The van der Waals surface area contributed by atoms with Gasteiger partial charge in [0.25, 0.3) is 0 Å². The molecule has 1 saturated heterocycles. The Morgan fingerprint density at radius 1 is 1.22 bits per heavy atom. The number of nitrogens with two attached hydrogens (primary N) is 1. The fraction of sp³-hybridized carbons (Fsp3) is 0.444. The van der Waals surface area contributed by atoms with Gasteiger partial charge < -0.3 is 11.1 Å². The maximum atomic E-state index is 13.1. The average molecular weight is 393 g/mol. The molecule has 0 unspecified atom stereocenters. The Morgan fingerprint density at radius 3 is 2.59 bits per heavy atom. The van der Waals surface area contributed by atoms with Crippen LogP contribution in [0.15, 0.2) is 36.5 Å². The summed E-state index contributed by atoms with van der Waals surface area (Å²) in [5, 5.41) is 3.05. The summed E-state index contributed by atoms with van der Waals surface area (Å²) in [7, 11) is -3.25. The quantitative estimate of drug-likeness (QED) is 0.745. The van der Waals surface area contributed by atoms with Crippen LogP contribution in [0.4, 0.5) is 16.2 Å². The second-order valence-corrected chi connectivity index (χ2v) is 8.79. The maximum absolute atomic E-state index is 13.1. The highest BCUT2D eigenvalue weighted by Gasteiger charge is 2.27. The number of hydrogen-bond donors (Lipinski definition) is 2. The van der Waals surface area contributed by atoms with Crippen LogP contribution in [-0.4, -0.2) is 48.1 Å². The number of nitrogen functional groups attached to an aromatic ring is 1. The summed E-state index contributed by atoms with van der Waals surface area (Å²) >= 11 is 0. The molecule has 1 fully saturated rings. The van der Waals surface area contributed by atoms with E-state index in [1.54, 1.807) is 4.31 Å². The van der Waals surface area contributed by atoms with E-state index >= 15 is 0 Å². The topological polar surface area (TPSA) is 101 Å². The van der Waals surface area contributed by atoms with Crippen LogP contribution >= 0.6 is 0 Å². The molecule has 1 aliphatic heterocycles. The Kier molecular flexibility index (Phi) is 6.22. The van der Waals surface area contributed by atoms with Gasteiger partial charge in [-0.3, -0.25) is 0 Å². The first-order valence-electron chi connectivity index (χ1n) is 8.97. The molecule has 146 valence electrons. The summed E-state index contributed by atoms with van der Waals surface area (Å²) < 4.78 is 39.8. The minimum absolute atomic E-state index is 0.128. The second kappa shape index (κ2) is 8.62. The zero-order valence-corrected chi connectivity index (χ0v) is 15.8. The average Bonchev–Trinajstić information content (AvgIpc) is 2.68. The van der Waals surface area contributed by atoms with E-state index in [1.165, 1.54) is 0 Å². The number of rotatable bonds is 7. The van der Waals surface area contributed by atoms with Gasteiger partial charge in [-0.1, -0.05) is 30.3 Å². The molecule has 0 bridgehead atoms. The highest BCUT2D eigenvalue weighted by atomic mass is 32.2. The van der Waals surface area contributed by atoms with E-state index in [1.807, 2.05) is 30.3 Å². The van der Waals surface area contributed by atoms with Crippen molar-refractivity contribution in [3.63, 3.8) is 0 Å². The Hall–Kier alpha value is -2.26. The number of aryl methyl sites for hydroxylation is 1. The third-order valence-electron chi connectivity index (χ3n) is 4.78. The van der Waals surface area contributed by atoms with Gasteiger partial charge >= 0.3 is 0 Å². The van der Waals surface area contributed by atoms with Gasteiger partial charge in [-0.2, -0.15) is 4.98 Å². The van der Waals surface area contributed by atoms with Crippen LogP contribution < -0.4 is 11.1 Å². The second-order valence-electron chi connectivity index (χ2n) is 6.70. The SMILES string of the molecule is Nc1nc(NCC2CCN(S(=O)(=O)CCc3ccccc3)CC2)ncc1F. The maximum Gasteiger partial charge on any atom is 0.224 e. The summed E-state index contributed by atoms with van der Waals surface area (Å²) in [5.74, 6) is -0.114. The fourth-order valence-electron chi connectivity index (χ4n) is 3.11. The van der Waals surface area contributed by atoms with E-state index in [0.29, 0.717) is 32.0 Å².